The average Bonchev–Trinajstić information content (AvgIpc) is 3.42. The molecule has 0 bridgehead atoms. The molecule has 0 atom stereocenters. The molecule has 0 fully saturated rings. The van der Waals surface area contributed by atoms with Crippen molar-refractivity contribution in [2.45, 2.75) is 19.9 Å². The van der Waals surface area contributed by atoms with Crippen LogP contribution in [-0.4, -0.2) is 40.5 Å². The molecule has 1 aromatic heterocycles. The predicted molar refractivity (Wildman–Crippen MR) is 140 cm³/mol. The number of allylic oxidation sites excluding steroid dienone is 3. The second kappa shape index (κ2) is 9.43. The van der Waals surface area contributed by atoms with Gasteiger partial charge in [-0.3, -0.25) is 0 Å². The number of hydrogen-bond donors (Lipinski definition) is 1. The molecule has 178 valence electrons. The van der Waals surface area contributed by atoms with Crippen LogP contribution >= 0.6 is 27.5 Å². The van der Waals surface area contributed by atoms with Gasteiger partial charge in [-0.25, -0.2) is 18.9 Å². The molecule has 0 saturated carbocycles. The fraction of sp³-hybridized carbons (Fsp3) is 0.192. The van der Waals surface area contributed by atoms with Gasteiger partial charge in [0.15, 0.2) is 35.8 Å². The van der Waals surface area contributed by atoms with E-state index in [1.807, 2.05) is 0 Å². The van der Waals surface area contributed by atoms with Crippen molar-refractivity contribution in [3.63, 3.8) is 0 Å². The number of benzene rings is 2. The van der Waals surface area contributed by atoms with Crippen molar-refractivity contribution >= 4 is 56.2 Å². The molecule has 0 unspecified atom stereocenters. The first kappa shape index (κ1) is 23.5. The molecule has 35 heavy (non-hydrogen) atoms. The summed E-state index contributed by atoms with van der Waals surface area (Å²) in [5, 5.41) is 3.65. The van der Waals surface area contributed by atoms with E-state index in [1.165, 1.54) is 17.5 Å². The summed E-state index contributed by atoms with van der Waals surface area (Å²) >= 11 is 9.25. The summed E-state index contributed by atoms with van der Waals surface area (Å²) in [6.45, 7) is 4.70. The van der Waals surface area contributed by atoms with E-state index < -0.39 is 5.82 Å². The number of hydrogen-bond acceptors (Lipinski definition) is 5. The summed E-state index contributed by atoms with van der Waals surface area (Å²) in [6, 6.07) is 7.24. The molecule has 2 heterocycles. The maximum absolute atomic E-state index is 14.6. The van der Waals surface area contributed by atoms with Crippen LogP contribution in [0.4, 0.5) is 15.9 Å². The Morgan fingerprint density at radius 3 is 2.71 bits per heavy atom. The topological polar surface area (TPSA) is 59.3 Å². The van der Waals surface area contributed by atoms with Gasteiger partial charge in [-0.15, -0.1) is 0 Å². The van der Waals surface area contributed by atoms with Gasteiger partial charge in [0.25, 0.3) is 0 Å². The SMILES string of the molecule is COc1cc2c(Nc3ccc(Br)c(Cl)c3F)ncnc2cc1OCC1=CC2=C[N+](C(C)C)=CC2=C1. The highest BCUT2D eigenvalue weighted by Crippen LogP contribution is 2.37. The molecule has 0 amide bonds. The van der Waals surface area contributed by atoms with Gasteiger partial charge in [-0.1, -0.05) is 11.6 Å². The van der Waals surface area contributed by atoms with Crippen molar-refractivity contribution in [3.05, 3.63) is 81.0 Å². The number of aromatic nitrogens is 2. The zero-order valence-corrected chi connectivity index (χ0v) is 21.6. The van der Waals surface area contributed by atoms with E-state index in [-0.39, 0.29) is 10.7 Å². The Morgan fingerprint density at radius 1 is 1.14 bits per heavy atom. The summed E-state index contributed by atoms with van der Waals surface area (Å²) in [7, 11) is 1.57. The monoisotopic (exact) mass is 555 g/mol. The molecule has 0 saturated heterocycles. The largest absolute Gasteiger partial charge is 0.493 e. The standard InChI is InChI=1S/C26H22BrClFN4O2/c1-14(2)33-10-16-6-15(7-17(16)11-33)12-35-23-9-21-18(8-22(23)34-3)26(31-13-30-21)32-20-5-4-19(27)24(28)25(20)29/h4-11,13-14H,12H2,1-3H3,(H,30,31,32)/q+1. The van der Waals surface area contributed by atoms with Gasteiger partial charge in [0.1, 0.15) is 18.8 Å². The van der Waals surface area contributed by atoms with Crippen LogP contribution in [0.25, 0.3) is 10.9 Å². The Morgan fingerprint density at radius 2 is 1.97 bits per heavy atom. The minimum absolute atomic E-state index is 0.00719. The second-order valence-electron chi connectivity index (χ2n) is 8.45. The van der Waals surface area contributed by atoms with Crippen molar-refractivity contribution in [1.29, 1.82) is 0 Å². The zero-order valence-electron chi connectivity index (χ0n) is 19.3. The Kier molecular flexibility index (Phi) is 6.34. The molecular weight excluding hydrogens is 535 g/mol. The average molecular weight is 557 g/mol. The Bertz CT molecular complexity index is 1480. The third-order valence-electron chi connectivity index (χ3n) is 5.79. The second-order valence-corrected chi connectivity index (χ2v) is 9.68. The van der Waals surface area contributed by atoms with Gasteiger partial charge in [-0.05, 0) is 65.7 Å². The third kappa shape index (κ3) is 4.56. The van der Waals surface area contributed by atoms with Crippen molar-refractivity contribution in [2.75, 3.05) is 19.0 Å². The van der Waals surface area contributed by atoms with Crippen LogP contribution in [0.1, 0.15) is 13.8 Å². The van der Waals surface area contributed by atoms with Crippen molar-refractivity contribution < 1.29 is 18.4 Å². The number of rotatable bonds is 7. The van der Waals surface area contributed by atoms with Crippen LogP contribution in [0.5, 0.6) is 11.5 Å². The predicted octanol–water partition coefficient (Wildman–Crippen LogP) is 6.57. The third-order valence-corrected chi connectivity index (χ3v) is 7.05. The van der Waals surface area contributed by atoms with Crippen LogP contribution in [0.3, 0.4) is 0 Å². The van der Waals surface area contributed by atoms with Crippen LogP contribution < -0.4 is 14.8 Å². The lowest BCUT2D eigenvalue weighted by Crippen LogP contribution is -2.12. The van der Waals surface area contributed by atoms with Crippen molar-refractivity contribution in [3.8, 4) is 11.5 Å². The van der Waals surface area contributed by atoms with Gasteiger partial charge < -0.3 is 14.8 Å². The van der Waals surface area contributed by atoms with E-state index in [9.17, 15) is 4.39 Å². The Balaban J connectivity index is 1.39. The highest BCUT2D eigenvalue weighted by atomic mass is 79.9. The van der Waals surface area contributed by atoms with Crippen LogP contribution in [0.15, 0.2) is 70.1 Å². The fourth-order valence-corrected chi connectivity index (χ4v) is 4.39. The van der Waals surface area contributed by atoms with Gasteiger partial charge in [-0.2, -0.15) is 0 Å². The first-order valence-corrected chi connectivity index (χ1v) is 12.1. The first-order valence-electron chi connectivity index (χ1n) is 11.0. The molecule has 1 aliphatic heterocycles. The lowest BCUT2D eigenvalue weighted by Gasteiger charge is -2.14. The number of halogens is 3. The molecule has 1 aliphatic carbocycles. The minimum atomic E-state index is -0.577. The molecule has 6 nitrogen and oxygen atoms in total. The Labute approximate surface area is 215 Å². The van der Waals surface area contributed by atoms with E-state index in [4.69, 9.17) is 21.1 Å². The number of nitrogens with one attached hydrogen (secondary N) is 1. The lowest BCUT2D eigenvalue weighted by molar-refractivity contribution is -0.484. The smallest absolute Gasteiger partial charge is 0.177 e. The van der Waals surface area contributed by atoms with E-state index in [2.05, 4.69) is 74.2 Å². The summed E-state index contributed by atoms with van der Waals surface area (Å²) in [5.41, 5.74) is 4.27. The molecule has 1 N–H and O–H groups in total. The fourth-order valence-electron chi connectivity index (χ4n) is 3.92. The number of ether oxygens (including phenoxy) is 2. The summed E-state index contributed by atoms with van der Waals surface area (Å²) in [5.74, 6) is 0.922. The van der Waals surface area contributed by atoms with E-state index in [0.29, 0.717) is 45.3 Å². The van der Waals surface area contributed by atoms with Gasteiger partial charge in [0.2, 0.25) is 0 Å². The highest BCUT2D eigenvalue weighted by molar-refractivity contribution is 9.10. The van der Waals surface area contributed by atoms with Crippen LogP contribution in [0, 0.1) is 5.82 Å². The van der Waals surface area contributed by atoms with Gasteiger partial charge >= 0.3 is 0 Å². The molecular formula is C26H22BrClFN4O2+. The summed E-state index contributed by atoms with van der Waals surface area (Å²) in [4.78, 5) is 8.65. The number of nitrogens with zero attached hydrogens (tertiary/aromatic N) is 3. The van der Waals surface area contributed by atoms with E-state index in [1.54, 1.807) is 31.4 Å². The number of anilines is 2. The van der Waals surface area contributed by atoms with Gasteiger partial charge in [0, 0.05) is 15.9 Å². The first-order chi connectivity index (χ1) is 16.8. The quantitative estimate of drug-likeness (QED) is 0.263. The lowest BCUT2D eigenvalue weighted by atomic mass is 10.2. The summed E-state index contributed by atoms with van der Waals surface area (Å²) in [6.07, 6.45) is 9.96. The maximum atomic E-state index is 14.6. The maximum Gasteiger partial charge on any atom is 0.177 e. The summed E-state index contributed by atoms with van der Waals surface area (Å²) < 4.78 is 29.0. The van der Waals surface area contributed by atoms with E-state index in [0.717, 1.165) is 5.57 Å². The van der Waals surface area contributed by atoms with Crippen LogP contribution in [-0.2, 0) is 0 Å². The van der Waals surface area contributed by atoms with Crippen molar-refractivity contribution in [2.24, 2.45) is 0 Å². The van der Waals surface area contributed by atoms with Gasteiger partial charge in [0.05, 0.1) is 34.5 Å². The minimum Gasteiger partial charge on any atom is -0.493 e. The molecule has 0 spiro atoms. The molecule has 0 radical (unpaired) electrons. The van der Waals surface area contributed by atoms with E-state index >= 15 is 0 Å². The molecule has 9 heteroatoms. The zero-order chi connectivity index (χ0) is 24.7. The molecule has 2 aromatic carbocycles. The van der Waals surface area contributed by atoms with Crippen LogP contribution in [0.2, 0.25) is 5.02 Å². The highest BCUT2D eigenvalue weighted by Gasteiger charge is 2.24. The number of methoxy groups -OCH3 is 1. The van der Waals surface area contributed by atoms with Crippen molar-refractivity contribution in [1.82, 2.24) is 9.97 Å². The number of fused-ring (bicyclic) bond motifs is 2. The molecule has 5 rings (SSSR count). The normalized spacial score (nSPS) is 14.5. The molecule has 3 aromatic rings. The Hall–Kier alpha value is -3.23. The molecule has 2 aliphatic rings.